The maximum absolute atomic E-state index is 13.8. The van der Waals surface area contributed by atoms with Crippen LogP contribution >= 0.6 is 7.82 Å². The summed E-state index contributed by atoms with van der Waals surface area (Å²) in [6.07, 6.45) is -15.4. The Morgan fingerprint density at radius 3 is 1.18 bits per heavy atom. The molecule has 0 spiro atoms. The summed E-state index contributed by atoms with van der Waals surface area (Å²) < 4.78 is 72.8. The lowest BCUT2D eigenvalue weighted by Crippen LogP contribution is -2.64. The van der Waals surface area contributed by atoms with Gasteiger partial charge in [-0.05, 0) is 40.0 Å². The van der Waals surface area contributed by atoms with Gasteiger partial charge in [-0.3, -0.25) is 47.5 Å². The van der Waals surface area contributed by atoms with Gasteiger partial charge in [0.05, 0.1) is 111 Å². The van der Waals surface area contributed by atoms with Gasteiger partial charge in [-0.1, -0.05) is 6.42 Å². The van der Waals surface area contributed by atoms with E-state index in [1.165, 1.54) is 30.6 Å². The first-order valence-corrected chi connectivity index (χ1v) is 32.3. The van der Waals surface area contributed by atoms with Gasteiger partial charge in [0.25, 0.3) is 0 Å². The third kappa shape index (κ3) is 32.0. The molecule has 540 valence electrons. The number of rotatable bonds is 45. The minimum atomic E-state index is -4.35. The van der Waals surface area contributed by atoms with E-state index < -0.39 is 173 Å². The van der Waals surface area contributed by atoms with Gasteiger partial charge in [0, 0.05) is 59.9 Å². The first-order chi connectivity index (χ1) is 44.0. The summed E-state index contributed by atoms with van der Waals surface area (Å²) in [7, 11) is -4.35. The van der Waals surface area contributed by atoms with Crippen LogP contribution in [0.15, 0.2) is 0 Å². The Kier molecular flexibility index (Phi) is 39.0. The molecule has 93 heavy (non-hydrogen) atoms. The van der Waals surface area contributed by atoms with Crippen molar-refractivity contribution in [1.82, 2.24) is 41.7 Å². The molecule has 0 aromatic heterocycles. The third-order valence-electron chi connectivity index (χ3n) is 14.0. The van der Waals surface area contributed by atoms with Crippen LogP contribution in [-0.4, -0.2) is 338 Å². The van der Waals surface area contributed by atoms with Crippen molar-refractivity contribution in [3.05, 3.63) is 0 Å². The second kappa shape index (κ2) is 43.7. The molecule has 38 heteroatoms. The second-order valence-corrected chi connectivity index (χ2v) is 24.4. The van der Waals surface area contributed by atoms with Gasteiger partial charge in [-0.25, -0.2) is 4.57 Å². The van der Waals surface area contributed by atoms with Crippen LogP contribution in [0.25, 0.3) is 0 Å². The number of nitrogens with zero attached hydrogens (tertiary/aromatic N) is 2. The molecule has 37 nitrogen and oxygen atoms in total. The van der Waals surface area contributed by atoms with Crippen molar-refractivity contribution in [3.63, 3.8) is 0 Å². The number of hydrogen-bond donors (Lipinski definition) is 16. The maximum atomic E-state index is 13.8. The summed E-state index contributed by atoms with van der Waals surface area (Å²) in [5.74, 6) is -3.67. The van der Waals surface area contributed by atoms with Gasteiger partial charge in [0.2, 0.25) is 41.4 Å². The van der Waals surface area contributed by atoms with E-state index in [9.17, 15) is 89.0 Å². The first kappa shape index (κ1) is 82.9. The fourth-order valence-corrected chi connectivity index (χ4v) is 10.7. The highest BCUT2D eigenvalue weighted by Crippen LogP contribution is 2.47. The molecule has 3 fully saturated rings. The number of ether oxygens (including phenoxy) is 9. The zero-order valence-corrected chi connectivity index (χ0v) is 54.5. The van der Waals surface area contributed by atoms with Crippen molar-refractivity contribution in [1.29, 1.82) is 0 Å². The molecule has 0 saturated carbocycles. The molecule has 3 rings (SSSR count). The quantitative estimate of drug-likeness (QED) is 0.0199. The van der Waals surface area contributed by atoms with Crippen LogP contribution in [0, 0.1) is 0 Å². The number of phosphoric ester groups is 1. The molecule has 7 amide bonds. The van der Waals surface area contributed by atoms with Crippen molar-refractivity contribution >= 4 is 49.2 Å². The number of nitrogens with one attached hydrogen (secondary N) is 6. The van der Waals surface area contributed by atoms with Crippen LogP contribution in [0.4, 0.5) is 0 Å². The highest BCUT2D eigenvalue weighted by molar-refractivity contribution is 7.47. The van der Waals surface area contributed by atoms with Crippen molar-refractivity contribution in [2.75, 3.05) is 138 Å². The average Bonchev–Trinajstić information content (AvgIpc) is 0.849. The fourth-order valence-electron chi connectivity index (χ4n) is 9.61. The Balaban J connectivity index is 1.63. The number of amides is 7. The summed E-state index contributed by atoms with van der Waals surface area (Å²) in [6.45, 7) is 4.54. The lowest BCUT2D eigenvalue weighted by Gasteiger charge is -2.42. The Morgan fingerprint density at radius 2 is 0.839 bits per heavy atom. The van der Waals surface area contributed by atoms with Crippen LogP contribution < -0.4 is 31.9 Å². The number of carbonyl (C=O) groups excluding carboxylic acids is 7. The second-order valence-electron chi connectivity index (χ2n) is 23.0. The molecular formula is C55H101N8O29P. The first-order valence-electron chi connectivity index (χ1n) is 30.8. The molecule has 16 N–H and O–H groups in total. The topological polar surface area (TPSA) is 519 Å². The van der Waals surface area contributed by atoms with Crippen LogP contribution in [0.3, 0.4) is 0 Å². The highest BCUT2D eigenvalue weighted by atomic mass is 31.2. The van der Waals surface area contributed by atoms with Gasteiger partial charge in [-0.2, -0.15) is 0 Å². The molecule has 3 aliphatic heterocycles. The molecule has 16 atom stereocenters. The van der Waals surface area contributed by atoms with Crippen molar-refractivity contribution in [2.45, 2.75) is 171 Å². The molecule has 16 unspecified atom stereocenters. The molecule has 0 radical (unpaired) electrons. The van der Waals surface area contributed by atoms with E-state index in [0.717, 1.165) is 0 Å². The molecule has 3 aliphatic rings. The van der Waals surface area contributed by atoms with Gasteiger partial charge < -0.3 is 130 Å². The Bertz CT molecular complexity index is 2210. The van der Waals surface area contributed by atoms with Gasteiger partial charge in [0.1, 0.15) is 73.1 Å². The van der Waals surface area contributed by atoms with E-state index in [1.54, 1.807) is 20.8 Å². The summed E-state index contributed by atoms with van der Waals surface area (Å²) in [5, 5.41) is 107. The monoisotopic (exact) mass is 1370 g/mol. The van der Waals surface area contributed by atoms with Crippen molar-refractivity contribution < 1.29 is 141 Å². The summed E-state index contributed by atoms with van der Waals surface area (Å²) >= 11 is 0. The predicted molar refractivity (Wildman–Crippen MR) is 318 cm³/mol. The Labute approximate surface area is 539 Å². The SMILES string of the molecule is CC(=O)NC1C(OCCOCCNC(=O)CN(CCCN(CC(=O)NCCOCCOC2OC(CO)C(O)C(O)C2NC(C)=O)C(=O)CCCCCOP(=O)(O)OC(C)(C)C)CC(=O)NCCOCCOC2OC(CO)C(O)C(O)C2NC(C)=O)OC(CO)C(O)C1O. The zero-order chi connectivity index (χ0) is 69.3. The summed E-state index contributed by atoms with van der Waals surface area (Å²) in [4.78, 5) is 102. The number of aliphatic hydroxyl groups is 9. The Morgan fingerprint density at radius 1 is 0.473 bits per heavy atom. The standard InChI is InChI=1S/C55H101N8O29P/c1-33(67)59-43-49(77)46(74)36(30-64)89-52(43)85-24-21-82-18-12-56-39(70)27-62(28-40(71)57-13-19-83-22-25-86-53-44(60-34(2)68)50(78)47(75)37(31-65)90-53)15-10-16-63(42(73)11-8-7-9-17-88-93(80,81)92-55(4,5)6)29-41(72)58-14-20-84-23-26-87-54-45(61-35(3)69)51(79)48(76)38(32-66)91-54/h36-38,43-54,64-66,74-79H,7-32H2,1-6H3,(H,56,70)(H,57,71)(H,58,72)(H,59,67)(H,60,68)(H,61,69)(H,80,81). The van der Waals surface area contributed by atoms with Gasteiger partial charge >= 0.3 is 7.82 Å². The van der Waals surface area contributed by atoms with Crippen LogP contribution in [0.5, 0.6) is 0 Å². The smallest absolute Gasteiger partial charge is 0.394 e. The Hall–Kier alpha value is -4.36. The molecule has 0 aliphatic carbocycles. The van der Waals surface area contributed by atoms with Crippen LogP contribution in [0.2, 0.25) is 0 Å². The zero-order valence-electron chi connectivity index (χ0n) is 53.6. The minimum Gasteiger partial charge on any atom is -0.394 e. The van der Waals surface area contributed by atoms with Crippen LogP contribution in [0.1, 0.15) is 73.6 Å². The summed E-state index contributed by atoms with van der Waals surface area (Å²) in [5.41, 5.74) is -0.951. The molecule has 0 bridgehead atoms. The number of phosphoric acid groups is 1. The van der Waals surface area contributed by atoms with Crippen molar-refractivity contribution in [2.24, 2.45) is 0 Å². The highest BCUT2D eigenvalue weighted by Gasteiger charge is 2.48. The van der Waals surface area contributed by atoms with E-state index in [1.807, 2.05) is 0 Å². The fraction of sp³-hybridized carbons (Fsp3) is 0.873. The largest absolute Gasteiger partial charge is 0.472 e. The number of unbranched alkanes of at least 4 members (excludes halogenated alkanes) is 2. The third-order valence-corrected chi connectivity index (χ3v) is 15.3. The minimum absolute atomic E-state index is 0.0120. The normalized spacial score (nSPS) is 27.2. The van der Waals surface area contributed by atoms with Gasteiger partial charge in [-0.15, -0.1) is 0 Å². The maximum Gasteiger partial charge on any atom is 0.472 e. The molecular weight excluding hydrogens is 1270 g/mol. The molecule has 3 saturated heterocycles. The van der Waals surface area contributed by atoms with E-state index in [4.69, 9.17) is 51.7 Å². The predicted octanol–water partition coefficient (Wildman–Crippen LogP) is -7.72. The number of carbonyl (C=O) groups is 7. The van der Waals surface area contributed by atoms with Gasteiger partial charge in [0.15, 0.2) is 18.9 Å². The lowest BCUT2D eigenvalue weighted by molar-refractivity contribution is -0.272. The van der Waals surface area contributed by atoms with E-state index in [0.29, 0.717) is 19.3 Å². The molecule has 0 aromatic carbocycles. The van der Waals surface area contributed by atoms with Crippen molar-refractivity contribution in [3.8, 4) is 0 Å². The van der Waals surface area contributed by atoms with E-state index >= 15 is 0 Å². The lowest BCUT2D eigenvalue weighted by atomic mass is 9.97. The molecule has 0 aromatic rings. The van der Waals surface area contributed by atoms with Crippen LogP contribution in [-0.2, 0) is 89.8 Å². The summed E-state index contributed by atoms with van der Waals surface area (Å²) in [6, 6.07) is -3.50. The number of hydrogen-bond acceptors (Lipinski definition) is 29. The van der Waals surface area contributed by atoms with E-state index in [-0.39, 0.29) is 125 Å². The molecule has 3 heterocycles. The average molecular weight is 1370 g/mol. The van der Waals surface area contributed by atoms with E-state index in [2.05, 4.69) is 31.9 Å². The number of aliphatic hydroxyl groups excluding tert-OH is 9.